The van der Waals surface area contributed by atoms with Crippen LogP contribution in [0.1, 0.15) is 11.3 Å². The van der Waals surface area contributed by atoms with Crippen LogP contribution in [-0.2, 0) is 6.54 Å². The number of rotatable bonds is 3. The normalized spacial score (nSPS) is 10.7. The van der Waals surface area contributed by atoms with Crippen molar-refractivity contribution < 1.29 is 8.81 Å². The molecule has 1 heterocycles. The number of nitrogens with one attached hydrogen (secondary N) is 1. The highest BCUT2D eigenvalue weighted by Crippen LogP contribution is 2.21. The van der Waals surface area contributed by atoms with Gasteiger partial charge >= 0.3 is 0 Å². The van der Waals surface area contributed by atoms with Crippen molar-refractivity contribution in [3.63, 3.8) is 0 Å². The minimum Gasteiger partial charge on any atom is -0.444 e. The molecule has 0 aliphatic rings. The third-order valence-corrected chi connectivity index (χ3v) is 2.33. The Bertz CT molecular complexity index is 494. The van der Waals surface area contributed by atoms with Crippen LogP contribution in [0.2, 0.25) is 0 Å². The first-order chi connectivity index (χ1) is 7.70. The van der Waals surface area contributed by atoms with E-state index in [0.717, 1.165) is 5.69 Å². The fraction of sp³-hybridized carbons (Fsp3) is 0.250. The number of nitrogens with zero attached hydrogens (tertiary/aromatic N) is 1. The van der Waals surface area contributed by atoms with E-state index in [1.165, 1.54) is 6.07 Å². The molecule has 4 heteroatoms. The van der Waals surface area contributed by atoms with Crippen molar-refractivity contribution in [3.8, 4) is 11.5 Å². The summed E-state index contributed by atoms with van der Waals surface area (Å²) in [6.07, 6.45) is 1.57. The van der Waals surface area contributed by atoms with E-state index in [1.54, 1.807) is 25.3 Å². The van der Waals surface area contributed by atoms with Gasteiger partial charge in [-0.1, -0.05) is 6.07 Å². The predicted octanol–water partition coefficient (Wildman–Crippen LogP) is 2.51. The maximum Gasteiger partial charge on any atom is 0.226 e. The van der Waals surface area contributed by atoms with Crippen LogP contribution in [0.3, 0.4) is 0 Å². The summed E-state index contributed by atoms with van der Waals surface area (Å²) in [6.45, 7) is 2.36. The van der Waals surface area contributed by atoms with Crippen LogP contribution >= 0.6 is 0 Å². The van der Waals surface area contributed by atoms with E-state index in [2.05, 4.69) is 10.3 Å². The molecule has 0 spiro atoms. The van der Waals surface area contributed by atoms with Crippen molar-refractivity contribution in [2.24, 2.45) is 0 Å². The zero-order chi connectivity index (χ0) is 11.5. The number of halogens is 1. The molecule has 0 saturated heterocycles. The third kappa shape index (κ3) is 2.12. The van der Waals surface area contributed by atoms with E-state index in [1.807, 2.05) is 7.05 Å². The molecule has 2 aromatic rings. The summed E-state index contributed by atoms with van der Waals surface area (Å²) < 4.78 is 18.6. The third-order valence-electron chi connectivity index (χ3n) is 2.33. The first-order valence-corrected chi connectivity index (χ1v) is 5.06. The number of benzene rings is 1. The summed E-state index contributed by atoms with van der Waals surface area (Å²) >= 11 is 0. The van der Waals surface area contributed by atoms with Gasteiger partial charge in [0.25, 0.3) is 0 Å². The SMILES string of the molecule is CNCc1coc(-c2ccc(C)c(F)c2)n1. The van der Waals surface area contributed by atoms with Crippen LogP contribution in [0.4, 0.5) is 4.39 Å². The van der Waals surface area contributed by atoms with Gasteiger partial charge in [0.2, 0.25) is 5.89 Å². The molecule has 0 fully saturated rings. The topological polar surface area (TPSA) is 38.1 Å². The molecule has 2 rings (SSSR count). The Kier molecular flexibility index (Phi) is 3.01. The quantitative estimate of drug-likeness (QED) is 0.863. The Morgan fingerprint density at radius 1 is 1.44 bits per heavy atom. The standard InChI is InChI=1S/C12H13FN2O/c1-8-3-4-9(5-11(8)13)12-15-10(6-14-2)7-16-12/h3-5,7,14H,6H2,1-2H3. The number of aromatic nitrogens is 1. The molecule has 1 aromatic heterocycles. The first kappa shape index (κ1) is 10.8. The summed E-state index contributed by atoms with van der Waals surface area (Å²) in [5.41, 5.74) is 2.08. The van der Waals surface area contributed by atoms with Crippen LogP contribution < -0.4 is 5.32 Å². The van der Waals surface area contributed by atoms with E-state index in [4.69, 9.17) is 4.42 Å². The summed E-state index contributed by atoms with van der Waals surface area (Å²) in [4.78, 5) is 4.25. The van der Waals surface area contributed by atoms with Gasteiger partial charge in [-0.25, -0.2) is 9.37 Å². The lowest BCUT2D eigenvalue weighted by molar-refractivity contribution is 0.569. The molecular weight excluding hydrogens is 207 g/mol. The van der Waals surface area contributed by atoms with Gasteiger partial charge in [0.1, 0.15) is 12.1 Å². The van der Waals surface area contributed by atoms with Crippen molar-refractivity contribution in [2.75, 3.05) is 7.05 Å². The van der Waals surface area contributed by atoms with Gasteiger partial charge in [-0.3, -0.25) is 0 Å². The number of aryl methyl sites for hydroxylation is 1. The van der Waals surface area contributed by atoms with Crippen LogP contribution in [0.5, 0.6) is 0 Å². The van der Waals surface area contributed by atoms with Crippen LogP contribution in [0.25, 0.3) is 11.5 Å². The maximum absolute atomic E-state index is 13.3. The van der Waals surface area contributed by atoms with Gasteiger partial charge in [-0.05, 0) is 31.7 Å². The Morgan fingerprint density at radius 2 is 2.25 bits per heavy atom. The molecule has 0 saturated carbocycles. The lowest BCUT2D eigenvalue weighted by Gasteiger charge is -1.98. The molecule has 3 nitrogen and oxygen atoms in total. The van der Waals surface area contributed by atoms with Gasteiger partial charge in [0, 0.05) is 12.1 Å². The van der Waals surface area contributed by atoms with Gasteiger partial charge in [0.15, 0.2) is 0 Å². The minimum absolute atomic E-state index is 0.245. The molecular formula is C12H13FN2O. The molecule has 0 unspecified atom stereocenters. The van der Waals surface area contributed by atoms with Crippen LogP contribution in [0, 0.1) is 12.7 Å². The lowest BCUT2D eigenvalue weighted by Crippen LogP contribution is -2.04. The first-order valence-electron chi connectivity index (χ1n) is 5.06. The Labute approximate surface area is 93.3 Å². The van der Waals surface area contributed by atoms with Gasteiger partial charge in [0.05, 0.1) is 5.69 Å². The van der Waals surface area contributed by atoms with Crippen molar-refractivity contribution in [1.29, 1.82) is 0 Å². The molecule has 1 aromatic carbocycles. The van der Waals surface area contributed by atoms with Gasteiger partial charge in [-0.2, -0.15) is 0 Å². The fourth-order valence-corrected chi connectivity index (χ4v) is 1.43. The molecule has 84 valence electrons. The summed E-state index contributed by atoms with van der Waals surface area (Å²) in [6, 6.07) is 4.95. The molecule has 0 bridgehead atoms. The zero-order valence-electron chi connectivity index (χ0n) is 9.25. The van der Waals surface area contributed by atoms with E-state index in [9.17, 15) is 4.39 Å². The monoisotopic (exact) mass is 220 g/mol. The smallest absolute Gasteiger partial charge is 0.226 e. The largest absolute Gasteiger partial charge is 0.444 e. The summed E-state index contributed by atoms with van der Waals surface area (Å²) in [5.74, 6) is 0.204. The Hall–Kier alpha value is -1.68. The predicted molar refractivity (Wildman–Crippen MR) is 59.4 cm³/mol. The van der Waals surface area contributed by atoms with Crippen LogP contribution in [0.15, 0.2) is 28.9 Å². The van der Waals surface area contributed by atoms with Crippen molar-refractivity contribution >= 4 is 0 Å². The van der Waals surface area contributed by atoms with E-state index < -0.39 is 0 Å². The molecule has 0 radical (unpaired) electrons. The van der Waals surface area contributed by atoms with Gasteiger partial charge < -0.3 is 9.73 Å². The fourth-order valence-electron chi connectivity index (χ4n) is 1.43. The Morgan fingerprint density at radius 3 is 2.94 bits per heavy atom. The summed E-state index contributed by atoms with van der Waals surface area (Å²) in [7, 11) is 1.83. The van der Waals surface area contributed by atoms with Crippen molar-refractivity contribution in [1.82, 2.24) is 10.3 Å². The lowest BCUT2D eigenvalue weighted by atomic mass is 10.1. The molecule has 0 atom stereocenters. The molecule has 1 N–H and O–H groups in total. The average Bonchev–Trinajstić information content (AvgIpc) is 2.71. The van der Waals surface area contributed by atoms with Gasteiger partial charge in [-0.15, -0.1) is 0 Å². The molecule has 0 aliphatic heterocycles. The maximum atomic E-state index is 13.3. The van der Waals surface area contributed by atoms with E-state index in [0.29, 0.717) is 23.6 Å². The highest BCUT2D eigenvalue weighted by atomic mass is 19.1. The number of hydrogen-bond donors (Lipinski definition) is 1. The second kappa shape index (κ2) is 4.45. The van der Waals surface area contributed by atoms with Crippen molar-refractivity contribution in [2.45, 2.75) is 13.5 Å². The van der Waals surface area contributed by atoms with Crippen molar-refractivity contribution in [3.05, 3.63) is 41.5 Å². The molecule has 0 aliphatic carbocycles. The second-order valence-corrected chi connectivity index (χ2v) is 3.64. The molecule has 16 heavy (non-hydrogen) atoms. The molecule has 0 amide bonds. The highest BCUT2D eigenvalue weighted by Gasteiger charge is 2.08. The van der Waals surface area contributed by atoms with E-state index in [-0.39, 0.29) is 5.82 Å². The average molecular weight is 220 g/mol. The highest BCUT2D eigenvalue weighted by molar-refractivity contribution is 5.54. The Balaban J connectivity index is 2.31. The number of oxazole rings is 1. The van der Waals surface area contributed by atoms with Crippen LogP contribution in [-0.4, -0.2) is 12.0 Å². The van der Waals surface area contributed by atoms with E-state index >= 15 is 0 Å². The zero-order valence-corrected chi connectivity index (χ0v) is 9.25. The summed E-state index contributed by atoms with van der Waals surface area (Å²) in [5, 5.41) is 2.97. The second-order valence-electron chi connectivity index (χ2n) is 3.64. The minimum atomic E-state index is -0.245. The number of hydrogen-bond acceptors (Lipinski definition) is 3.